The second-order valence-electron chi connectivity index (χ2n) is 4.85. The fourth-order valence-corrected chi connectivity index (χ4v) is 2.90. The van der Waals surface area contributed by atoms with Gasteiger partial charge in [-0.25, -0.2) is 4.98 Å². The van der Waals surface area contributed by atoms with Crippen LogP contribution >= 0.6 is 11.3 Å². The van der Waals surface area contributed by atoms with Crippen molar-refractivity contribution in [2.24, 2.45) is 0 Å². The van der Waals surface area contributed by atoms with E-state index in [1.165, 1.54) is 0 Å². The van der Waals surface area contributed by atoms with E-state index >= 15 is 0 Å². The molecule has 0 spiro atoms. The minimum atomic E-state index is -0.0700. The number of hydrogen-bond donors (Lipinski definition) is 1. The SMILES string of the molecule is COc1ccccc1OCCNC(=O)Cc1cn2ccsc2n1. The van der Waals surface area contributed by atoms with Crippen LogP contribution in [0.2, 0.25) is 0 Å². The van der Waals surface area contributed by atoms with Crippen molar-refractivity contribution < 1.29 is 14.3 Å². The first-order valence-electron chi connectivity index (χ1n) is 7.20. The van der Waals surface area contributed by atoms with Gasteiger partial charge in [0.15, 0.2) is 16.5 Å². The number of carbonyl (C=O) groups excluding carboxylic acids is 1. The number of rotatable bonds is 7. The van der Waals surface area contributed by atoms with Gasteiger partial charge in [-0.05, 0) is 12.1 Å². The molecular weight excluding hydrogens is 314 g/mol. The number of aromatic nitrogens is 2. The van der Waals surface area contributed by atoms with Crippen molar-refractivity contribution in [3.8, 4) is 11.5 Å². The largest absolute Gasteiger partial charge is 0.493 e. The summed E-state index contributed by atoms with van der Waals surface area (Å²) < 4.78 is 12.7. The zero-order valence-electron chi connectivity index (χ0n) is 12.7. The van der Waals surface area contributed by atoms with Gasteiger partial charge in [-0.15, -0.1) is 11.3 Å². The fourth-order valence-electron chi connectivity index (χ4n) is 2.18. The van der Waals surface area contributed by atoms with E-state index in [1.54, 1.807) is 18.4 Å². The summed E-state index contributed by atoms with van der Waals surface area (Å²) in [6.45, 7) is 0.809. The van der Waals surface area contributed by atoms with Crippen LogP contribution in [0.3, 0.4) is 0 Å². The van der Waals surface area contributed by atoms with E-state index in [0.717, 1.165) is 10.7 Å². The summed E-state index contributed by atoms with van der Waals surface area (Å²) in [4.78, 5) is 17.2. The molecule has 0 saturated carbocycles. The average Bonchev–Trinajstić information content (AvgIpc) is 3.13. The predicted octanol–water partition coefficient (Wildman–Crippen LogP) is 2.14. The van der Waals surface area contributed by atoms with E-state index < -0.39 is 0 Å². The Morgan fingerprint density at radius 1 is 1.35 bits per heavy atom. The summed E-state index contributed by atoms with van der Waals surface area (Å²) in [7, 11) is 1.60. The number of imidazole rings is 1. The smallest absolute Gasteiger partial charge is 0.226 e. The third kappa shape index (κ3) is 3.81. The number of amides is 1. The summed E-state index contributed by atoms with van der Waals surface area (Å²) in [6, 6.07) is 7.42. The Balaban J connectivity index is 1.43. The van der Waals surface area contributed by atoms with Crippen molar-refractivity contribution >= 4 is 22.2 Å². The van der Waals surface area contributed by atoms with Crippen molar-refractivity contribution in [3.05, 3.63) is 47.7 Å². The molecule has 2 heterocycles. The van der Waals surface area contributed by atoms with Crippen molar-refractivity contribution in [1.82, 2.24) is 14.7 Å². The van der Waals surface area contributed by atoms with Gasteiger partial charge in [0.05, 0.1) is 25.8 Å². The van der Waals surface area contributed by atoms with Gasteiger partial charge in [-0.1, -0.05) is 12.1 Å². The Kier molecular flexibility index (Phi) is 4.77. The lowest BCUT2D eigenvalue weighted by Crippen LogP contribution is -2.29. The number of hydrogen-bond acceptors (Lipinski definition) is 5. The third-order valence-electron chi connectivity index (χ3n) is 3.24. The zero-order valence-corrected chi connectivity index (χ0v) is 13.5. The number of para-hydroxylation sites is 2. The minimum absolute atomic E-state index is 0.0700. The molecule has 1 aromatic carbocycles. The Morgan fingerprint density at radius 3 is 2.96 bits per heavy atom. The molecule has 2 aromatic heterocycles. The van der Waals surface area contributed by atoms with Gasteiger partial charge in [-0.2, -0.15) is 0 Å². The number of thiazole rings is 1. The van der Waals surface area contributed by atoms with Gasteiger partial charge in [0.25, 0.3) is 0 Å². The lowest BCUT2D eigenvalue weighted by molar-refractivity contribution is -0.120. The van der Waals surface area contributed by atoms with Gasteiger partial charge in [0.2, 0.25) is 5.91 Å². The molecule has 0 saturated heterocycles. The van der Waals surface area contributed by atoms with Gasteiger partial charge in [0, 0.05) is 17.8 Å². The molecule has 120 valence electrons. The molecule has 7 heteroatoms. The van der Waals surface area contributed by atoms with E-state index in [-0.39, 0.29) is 12.3 Å². The quantitative estimate of drug-likeness (QED) is 0.674. The van der Waals surface area contributed by atoms with E-state index in [4.69, 9.17) is 9.47 Å². The van der Waals surface area contributed by atoms with Gasteiger partial charge < -0.3 is 14.8 Å². The molecule has 0 bridgehead atoms. The highest BCUT2D eigenvalue weighted by Crippen LogP contribution is 2.25. The van der Waals surface area contributed by atoms with Crippen molar-refractivity contribution in [2.75, 3.05) is 20.3 Å². The topological polar surface area (TPSA) is 64.9 Å². The van der Waals surface area contributed by atoms with Crippen LogP contribution in [0.4, 0.5) is 0 Å². The van der Waals surface area contributed by atoms with E-state index in [9.17, 15) is 4.79 Å². The van der Waals surface area contributed by atoms with Crippen LogP contribution in [0, 0.1) is 0 Å². The molecule has 0 atom stereocenters. The number of fused-ring (bicyclic) bond motifs is 1. The van der Waals surface area contributed by atoms with Crippen molar-refractivity contribution in [1.29, 1.82) is 0 Å². The first kappa shape index (κ1) is 15.4. The van der Waals surface area contributed by atoms with Gasteiger partial charge in [0.1, 0.15) is 6.61 Å². The zero-order chi connectivity index (χ0) is 16.1. The summed E-state index contributed by atoms with van der Waals surface area (Å²) in [5.41, 5.74) is 0.764. The number of nitrogens with zero attached hydrogens (tertiary/aromatic N) is 2. The van der Waals surface area contributed by atoms with Crippen molar-refractivity contribution in [2.45, 2.75) is 6.42 Å². The molecule has 0 radical (unpaired) electrons. The first-order chi connectivity index (χ1) is 11.3. The Labute approximate surface area is 137 Å². The van der Waals surface area contributed by atoms with Crippen LogP contribution in [-0.4, -0.2) is 35.6 Å². The Hall–Kier alpha value is -2.54. The predicted molar refractivity (Wildman–Crippen MR) is 88.3 cm³/mol. The molecule has 0 fully saturated rings. The lowest BCUT2D eigenvalue weighted by Gasteiger charge is -2.10. The molecule has 1 N–H and O–H groups in total. The standard InChI is InChI=1S/C16H17N3O3S/c1-21-13-4-2-3-5-14(13)22-8-6-17-15(20)10-12-11-19-7-9-23-16(19)18-12/h2-5,7,9,11H,6,8,10H2,1H3,(H,17,20). The number of carbonyl (C=O) groups is 1. The van der Waals surface area contributed by atoms with Gasteiger partial charge in [-0.3, -0.25) is 9.20 Å². The normalized spacial score (nSPS) is 10.7. The molecule has 3 rings (SSSR count). The minimum Gasteiger partial charge on any atom is -0.493 e. The van der Waals surface area contributed by atoms with Crippen LogP contribution in [0.5, 0.6) is 11.5 Å². The summed E-state index contributed by atoms with van der Waals surface area (Å²) in [6.07, 6.45) is 4.06. The highest BCUT2D eigenvalue weighted by Gasteiger charge is 2.08. The Bertz CT molecular complexity index is 768. The highest BCUT2D eigenvalue weighted by atomic mass is 32.1. The van der Waals surface area contributed by atoms with E-state index in [2.05, 4.69) is 10.3 Å². The summed E-state index contributed by atoms with van der Waals surface area (Å²) in [5.74, 6) is 1.27. The second kappa shape index (κ2) is 7.15. The molecule has 0 aliphatic heterocycles. The molecule has 3 aromatic rings. The number of methoxy groups -OCH3 is 1. The molecule has 1 amide bonds. The van der Waals surface area contributed by atoms with E-state index in [0.29, 0.717) is 24.7 Å². The number of ether oxygens (including phenoxy) is 2. The monoisotopic (exact) mass is 331 g/mol. The third-order valence-corrected chi connectivity index (χ3v) is 4.01. The highest BCUT2D eigenvalue weighted by molar-refractivity contribution is 7.15. The molecule has 0 aliphatic rings. The second-order valence-corrected chi connectivity index (χ2v) is 5.72. The maximum Gasteiger partial charge on any atom is 0.226 e. The van der Waals surface area contributed by atoms with E-state index in [1.807, 2.05) is 46.4 Å². The van der Waals surface area contributed by atoms with Crippen molar-refractivity contribution in [3.63, 3.8) is 0 Å². The number of nitrogens with one attached hydrogen (secondary N) is 1. The van der Waals surface area contributed by atoms with Crippen LogP contribution in [-0.2, 0) is 11.2 Å². The summed E-state index contributed by atoms with van der Waals surface area (Å²) in [5, 5.41) is 4.78. The van der Waals surface area contributed by atoms with Crippen LogP contribution in [0.25, 0.3) is 4.96 Å². The van der Waals surface area contributed by atoms with Gasteiger partial charge >= 0.3 is 0 Å². The Morgan fingerprint density at radius 2 is 2.17 bits per heavy atom. The molecule has 23 heavy (non-hydrogen) atoms. The van der Waals surface area contributed by atoms with Crippen LogP contribution in [0.15, 0.2) is 42.0 Å². The van der Waals surface area contributed by atoms with Crippen LogP contribution in [0.1, 0.15) is 5.69 Å². The molecule has 0 unspecified atom stereocenters. The van der Waals surface area contributed by atoms with Crippen LogP contribution < -0.4 is 14.8 Å². The number of benzene rings is 1. The maximum absolute atomic E-state index is 11.9. The average molecular weight is 331 g/mol. The molecule has 0 aliphatic carbocycles. The lowest BCUT2D eigenvalue weighted by atomic mass is 10.3. The molecular formula is C16H17N3O3S. The summed E-state index contributed by atoms with van der Waals surface area (Å²) >= 11 is 1.55. The first-order valence-corrected chi connectivity index (χ1v) is 8.08. The molecule has 6 nitrogen and oxygen atoms in total. The maximum atomic E-state index is 11.9. The fraction of sp³-hybridized carbons (Fsp3) is 0.250.